The summed E-state index contributed by atoms with van der Waals surface area (Å²) in [6.45, 7) is 0. The highest BCUT2D eigenvalue weighted by Crippen LogP contribution is 2.45. The second-order valence-electron chi connectivity index (χ2n) is 11.0. The van der Waals surface area contributed by atoms with Crippen LogP contribution in [-0.2, 0) is 0 Å². The van der Waals surface area contributed by atoms with Gasteiger partial charge in [0.05, 0.1) is 16.7 Å². The molecule has 7 aromatic carbocycles. The maximum absolute atomic E-state index is 2.42. The molecule has 0 spiro atoms. The Kier molecular flexibility index (Phi) is 5.40. The van der Waals surface area contributed by atoms with Crippen LogP contribution in [0, 0.1) is 0 Å². The average Bonchev–Trinajstić information content (AvgIpc) is 3.62. The topological polar surface area (TPSA) is 8.17 Å². The van der Waals surface area contributed by atoms with Gasteiger partial charge < -0.3 is 9.47 Å². The Balaban J connectivity index is 1.33. The second-order valence-corrected chi connectivity index (χ2v) is 12.1. The molecule has 0 aliphatic heterocycles. The van der Waals surface area contributed by atoms with Crippen LogP contribution in [0.2, 0.25) is 0 Å². The molecule has 0 aliphatic rings. The summed E-state index contributed by atoms with van der Waals surface area (Å²) < 4.78 is 5.05. The molecular weight excluding hydrogens is 541 g/mol. The fourth-order valence-corrected chi connectivity index (χ4v) is 7.85. The SMILES string of the molecule is c1ccc(N(c2ccc3c(ccc4sc5ccccc5c43)c2)c2cccc3c2c2ccccc2n3-c2ccccc2)cc1. The minimum Gasteiger partial charge on any atom is -0.310 e. The first kappa shape index (κ1) is 24.2. The highest BCUT2D eigenvalue weighted by Gasteiger charge is 2.21. The van der Waals surface area contributed by atoms with Crippen LogP contribution in [0.4, 0.5) is 17.1 Å². The molecule has 43 heavy (non-hydrogen) atoms. The van der Waals surface area contributed by atoms with E-state index in [1.165, 1.54) is 52.8 Å². The van der Waals surface area contributed by atoms with Gasteiger partial charge in [0.25, 0.3) is 0 Å². The van der Waals surface area contributed by atoms with Gasteiger partial charge in [-0.15, -0.1) is 11.3 Å². The summed E-state index contributed by atoms with van der Waals surface area (Å²) in [6.07, 6.45) is 0. The number of anilines is 3. The predicted molar refractivity (Wildman–Crippen MR) is 186 cm³/mol. The van der Waals surface area contributed by atoms with E-state index in [0.29, 0.717) is 0 Å². The van der Waals surface area contributed by atoms with Crippen LogP contribution in [0.5, 0.6) is 0 Å². The van der Waals surface area contributed by atoms with Gasteiger partial charge in [-0.25, -0.2) is 0 Å². The van der Waals surface area contributed by atoms with Crippen LogP contribution in [0.3, 0.4) is 0 Å². The summed E-state index contributed by atoms with van der Waals surface area (Å²) in [5.41, 5.74) is 6.99. The smallest absolute Gasteiger partial charge is 0.0562 e. The largest absolute Gasteiger partial charge is 0.310 e. The van der Waals surface area contributed by atoms with Crippen LogP contribution in [0.1, 0.15) is 0 Å². The van der Waals surface area contributed by atoms with Crippen LogP contribution in [0.15, 0.2) is 158 Å². The lowest BCUT2D eigenvalue weighted by Gasteiger charge is -2.27. The normalized spacial score (nSPS) is 11.7. The van der Waals surface area contributed by atoms with Gasteiger partial charge in [-0.3, -0.25) is 0 Å². The van der Waals surface area contributed by atoms with E-state index in [2.05, 4.69) is 167 Å². The lowest BCUT2D eigenvalue weighted by atomic mass is 10.0. The van der Waals surface area contributed by atoms with E-state index in [0.717, 1.165) is 22.7 Å². The van der Waals surface area contributed by atoms with Gasteiger partial charge in [-0.05, 0) is 77.5 Å². The van der Waals surface area contributed by atoms with Gasteiger partial charge in [0.15, 0.2) is 0 Å². The number of para-hydroxylation sites is 3. The van der Waals surface area contributed by atoms with E-state index >= 15 is 0 Å². The fourth-order valence-electron chi connectivity index (χ4n) is 6.73. The van der Waals surface area contributed by atoms with Gasteiger partial charge in [-0.1, -0.05) is 91.0 Å². The highest BCUT2D eigenvalue weighted by molar-refractivity contribution is 7.26. The molecule has 0 aliphatic carbocycles. The Bertz CT molecular complexity index is 2450. The standard InChI is InChI=1S/C40H26N2S/c1-3-12-28(13-4-1)41(30-23-24-31-27(26-30)22-25-38-39(31)33-17-8-10-21-37(33)43-38)35-19-11-20-36-40(35)32-16-7-9-18-34(32)42(36)29-14-5-2-6-15-29/h1-26H. The molecule has 0 radical (unpaired) electrons. The number of rotatable bonds is 4. The summed E-state index contributed by atoms with van der Waals surface area (Å²) in [5, 5.41) is 7.71. The molecule has 0 bridgehead atoms. The van der Waals surface area contributed by atoms with Crippen molar-refractivity contribution in [3.8, 4) is 5.69 Å². The van der Waals surface area contributed by atoms with E-state index in [4.69, 9.17) is 0 Å². The van der Waals surface area contributed by atoms with Gasteiger partial charge >= 0.3 is 0 Å². The maximum atomic E-state index is 2.42. The van der Waals surface area contributed by atoms with Crippen molar-refractivity contribution < 1.29 is 0 Å². The molecule has 0 N–H and O–H groups in total. The number of hydrogen-bond donors (Lipinski definition) is 0. The number of fused-ring (bicyclic) bond motifs is 8. The van der Waals surface area contributed by atoms with Gasteiger partial charge in [0.1, 0.15) is 0 Å². The molecule has 0 unspecified atom stereocenters. The van der Waals surface area contributed by atoms with Gasteiger partial charge in [-0.2, -0.15) is 0 Å². The Labute approximate surface area is 253 Å². The molecule has 9 aromatic rings. The maximum Gasteiger partial charge on any atom is 0.0562 e. The Morgan fingerprint density at radius 3 is 2.02 bits per heavy atom. The third kappa shape index (κ3) is 3.72. The van der Waals surface area contributed by atoms with E-state index < -0.39 is 0 Å². The number of aromatic nitrogens is 1. The number of nitrogens with zero attached hydrogens (tertiary/aromatic N) is 2. The second kappa shape index (κ2) is 9.59. The van der Waals surface area contributed by atoms with Crippen LogP contribution < -0.4 is 4.90 Å². The van der Waals surface area contributed by atoms with E-state index in [1.807, 2.05) is 11.3 Å². The summed E-state index contributed by atoms with van der Waals surface area (Å²) >= 11 is 1.87. The van der Waals surface area contributed by atoms with Crippen molar-refractivity contribution in [1.29, 1.82) is 0 Å². The molecule has 2 heterocycles. The first-order valence-corrected chi connectivity index (χ1v) is 15.4. The van der Waals surface area contributed by atoms with Crippen molar-refractivity contribution in [2.45, 2.75) is 0 Å². The molecule has 0 atom stereocenters. The third-order valence-corrected chi connectivity index (χ3v) is 9.68. The minimum absolute atomic E-state index is 1.13. The molecule has 9 rings (SSSR count). The van der Waals surface area contributed by atoms with Crippen LogP contribution >= 0.6 is 11.3 Å². The van der Waals surface area contributed by atoms with Crippen LogP contribution in [-0.4, -0.2) is 4.57 Å². The minimum atomic E-state index is 1.13. The molecule has 3 heteroatoms. The number of hydrogen-bond acceptors (Lipinski definition) is 2. The molecule has 202 valence electrons. The van der Waals surface area contributed by atoms with Crippen molar-refractivity contribution in [1.82, 2.24) is 4.57 Å². The highest BCUT2D eigenvalue weighted by atomic mass is 32.1. The average molecular weight is 567 g/mol. The quantitative estimate of drug-likeness (QED) is 0.206. The molecule has 0 fully saturated rings. The molecule has 0 amide bonds. The predicted octanol–water partition coefficient (Wildman–Crippen LogP) is 11.8. The van der Waals surface area contributed by atoms with Gasteiger partial charge in [0.2, 0.25) is 0 Å². The Morgan fingerprint density at radius 1 is 0.442 bits per heavy atom. The first-order chi connectivity index (χ1) is 21.3. The summed E-state index contributed by atoms with van der Waals surface area (Å²) in [4.78, 5) is 2.42. The zero-order valence-electron chi connectivity index (χ0n) is 23.3. The lowest BCUT2D eigenvalue weighted by Crippen LogP contribution is -2.10. The number of thiophene rings is 1. The summed E-state index contributed by atoms with van der Waals surface area (Å²) in [7, 11) is 0. The molecular formula is C40H26N2S. The Morgan fingerprint density at radius 2 is 1.16 bits per heavy atom. The first-order valence-electron chi connectivity index (χ1n) is 14.6. The Hall–Kier alpha value is -5.38. The van der Waals surface area contributed by atoms with Crippen molar-refractivity contribution in [3.63, 3.8) is 0 Å². The zero-order valence-corrected chi connectivity index (χ0v) is 24.1. The van der Waals surface area contributed by atoms with Crippen LogP contribution in [0.25, 0.3) is 58.4 Å². The monoisotopic (exact) mass is 566 g/mol. The van der Waals surface area contributed by atoms with Gasteiger partial charge in [0, 0.05) is 48.0 Å². The lowest BCUT2D eigenvalue weighted by molar-refractivity contribution is 1.18. The zero-order chi connectivity index (χ0) is 28.3. The van der Waals surface area contributed by atoms with Crippen molar-refractivity contribution in [2.24, 2.45) is 0 Å². The van der Waals surface area contributed by atoms with E-state index in [-0.39, 0.29) is 0 Å². The van der Waals surface area contributed by atoms with Crippen molar-refractivity contribution >= 4 is 81.1 Å². The fraction of sp³-hybridized carbons (Fsp3) is 0. The summed E-state index contributed by atoms with van der Waals surface area (Å²) in [5.74, 6) is 0. The van der Waals surface area contributed by atoms with E-state index in [1.54, 1.807) is 0 Å². The molecule has 2 nitrogen and oxygen atoms in total. The molecule has 2 aromatic heterocycles. The summed E-state index contributed by atoms with van der Waals surface area (Å²) in [6, 6.07) is 57.1. The van der Waals surface area contributed by atoms with E-state index in [9.17, 15) is 0 Å². The third-order valence-electron chi connectivity index (χ3n) is 8.55. The number of benzene rings is 7. The van der Waals surface area contributed by atoms with Crippen molar-refractivity contribution in [3.05, 3.63) is 158 Å². The molecule has 0 saturated carbocycles. The molecule has 0 saturated heterocycles. The van der Waals surface area contributed by atoms with Crippen molar-refractivity contribution in [2.75, 3.05) is 4.90 Å².